The molecule has 1 N–H and O–H groups in total. The number of fused-ring (bicyclic) bond motifs is 2. The first-order chi connectivity index (χ1) is 16.6. The van der Waals surface area contributed by atoms with Crippen molar-refractivity contribution in [1.82, 2.24) is 14.7 Å². The smallest absolute Gasteiger partial charge is 0.254 e. The number of carbonyl (C=O) groups is 1. The second kappa shape index (κ2) is 8.20. The number of rotatable bonds is 3. The van der Waals surface area contributed by atoms with E-state index in [0.29, 0.717) is 38.4 Å². The largest absolute Gasteiger partial charge is 0.493 e. The molecule has 8 heteroatoms. The van der Waals surface area contributed by atoms with Gasteiger partial charge in [-0.25, -0.2) is 9.07 Å². The third kappa shape index (κ3) is 3.50. The van der Waals surface area contributed by atoms with Crippen molar-refractivity contribution in [3.8, 4) is 5.75 Å². The van der Waals surface area contributed by atoms with Crippen molar-refractivity contribution in [1.29, 1.82) is 0 Å². The first kappa shape index (κ1) is 20.8. The first-order valence-corrected chi connectivity index (χ1v) is 11.7. The quantitative estimate of drug-likeness (QED) is 0.649. The van der Waals surface area contributed by atoms with Crippen LogP contribution in [0.4, 0.5) is 15.9 Å². The SMILES string of the molecule is CC1=C(C(=O)N2CCN(c3ccc(F)cc3)CC2)C(c2ccc3c(c2)CCO3)n2nccc2N1. The molecular formula is C26H26FN5O2. The number of amides is 1. The molecule has 1 atom stereocenters. The summed E-state index contributed by atoms with van der Waals surface area (Å²) in [6.45, 7) is 5.25. The standard InChI is InChI=1S/C26H26FN5O2/c1-17-24(26(33)31-13-11-30(12-14-31)21-5-3-20(27)4-6-21)25(32-23(29-17)8-10-28-32)19-2-7-22-18(16-19)9-15-34-22/h2-8,10,16,25,29H,9,11-15H2,1H3. The summed E-state index contributed by atoms with van der Waals surface area (Å²) in [6.07, 6.45) is 2.63. The van der Waals surface area contributed by atoms with E-state index in [2.05, 4.69) is 21.4 Å². The highest BCUT2D eigenvalue weighted by Gasteiger charge is 2.36. The van der Waals surface area contributed by atoms with Crippen LogP contribution in [0.15, 0.2) is 66.0 Å². The monoisotopic (exact) mass is 459 g/mol. The fourth-order valence-electron chi connectivity index (χ4n) is 5.16. The number of nitrogens with zero attached hydrogens (tertiary/aromatic N) is 4. The Bertz CT molecular complexity index is 1270. The summed E-state index contributed by atoms with van der Waals surface area (Å²) in [5, 5.41) is 7.92. The van der Waals surface area contributed by atoms with Gasteiger partial charge in [0.05, 0.1) is 18.4 Å². The number of allylic oxidation sites excluding steroid dienone is 1. The van der Waals surface area contributed by atoms with Gasteiger partial charge in [0.2, 0.25) is 0 Å². The summed E-state index contributed by atoms with van der Waals surface area (Å²) < 4.78 is 20.9. The highest BCUT2D eigenvalue weighted by Crippen LogP contribution is 2.39. The van der Waals surface area contributed by atoms with Crippen LogP contribution in [-0.4, -0.2) is 53.4 Å². The lowest BCUT2D eigenvalue weighted by atomic mass is 9.92. The van der Waals surface area contributed by atoms with E-state index in [4.69, 9.17) is 4.74 Å². The molecule has 0 saturated carbocycles. The highest BCUT2D eigenvalue weighted by molar-refractivity contribution is 5.97. The van der Waals surface area contributed by atoms with Crippen molar-refractivity contribution in [3.05, 3.63) is 82.9 Å². The van der Waals surface area contributed by atoms with Crippen molar-refractivity contribution in [2.45, 2.75) is 19.4 Å². The van der Waals surface area contributed by atoms with E-state index in [-0.39, 0.29) is 17.8 Å². The summed E-state index contributed by atoms with van der Waals surface area (Å²) in [4.78, 5) is 18.0. The number of nitrogens with one attached hydrogen (secondary N) is 1. The number of ether oxygens (including phenoxy) is 1. The van der Waals surface area contributed by atoms with Crippen molar-refractivity contribution in [2.75, 3.05) is 43.0 Å². The Morgan fingerprint density at radius 3 is 2.68 bits per heavy atom. The maximum absolute atomic E-state index is 13.9. The van der Waals surface area contributed by atoms with Crippen LogP contribution in [0.25, 0.3) is 0 Å². The predicted molar refractivity (Wildman–Crippen MR) is 128 cm³/mol. The maximum atomic E-state index is 13.9. The van der Waals surface area contributed by atoms with Gasteiger partial charge in [0, 0.05) is 50.1 Å². The van der Waals surface area contributed by atoms with Crippen molar-refractivity contribution >= 4 is 17.4 Å². The number of benzene rings is 2. The zero-order valence-corrected chi connectivity index (χ0v) is 19.0. The number of piperazine rings is 1. The normalized spacial score (nSPS) is 19.4. The topological polar surface area (TPSA) is 62.6 Å². The number of halogens is 1. The Morgan fingerprint density at radius 2 is 1.88 bits per heavy atom. The van der Waals surface area contributed by atoms with Gasteiger partial charge in [-0.3, -0.25) is 4.79 Å². The van der Waals surface area contributed by atoms with Crippen LogP contribution >= 0.6 is 0 Å². The van der Waals surface area contributed by atoms with E-state index in [1.807, 2.05) is 34.7 Å². The third-order valence-corrected chi connectivity index (χ3v) is 6.93. The minimum Gasteiger partial charge on any atom is -0.493 e. The van der Waals surface area contributed by atoms with E-state index in [0.717, 1.165) is 34.9 Å². The molecule has 1 saturated heterocycles. The van der Waals surface area contributed by atoms with E-state index in [9.17, 15) is 9.18 Å². The van der Waals surface area contributed by atoms with Gasteiger partial charge in [0.1, 0.15) is 23.4 Å². The Labute approximate surface area is 197 Å². The molecule has 1 amide bonds. The maximum Gasteiger partial charge on any atom is 0.254 e. The average Bonchev–Trinajstić information content (AvgIpc) is 3.52. The Kier molecular flexibility index (Phi) is 5.01. The molecule has 3 aromatic rings. The van der Waals surface area contributed by atoms with Gasteiger partial charge in [-0.05, 0) is 54.4 Å². The molecule has 0 spiro atoms. The lowest BCUT2D eigenvalue weighted by Crippen LogP contribution is -2.50. The van der Waals surface area contributed by atoms with Crippen LogP contribution in [0.2, 0.25) is 0 Å². The van der Waals surface area contributed by atoms with Crippen LogP contribution in [-0.2, 0) is 11.2 Å². The molecule has 7 nitrogen and oxygen atoms in total. The minimum absolute atomic E-state index is 0.0201. The molecule has 1 aromatic heterocycles. The van der Waals surface area contributed by atoms with E-state index >= 15 is 0 Å². The fourth-order valence-corrected chi connectivity index (χ4v) is 5.16. The van der Waals surface area contributed by atoms with Gasteiger partial charge in [-0.1, -0.05) is 6.07 Å². The fraction of sp³-hybridized carbons (Fsp3) is 0.308. The molecule has 6 rings (SSSR count). The summed E-state index contributed by atoms with van der Waals surface area (Å²) in [5.74, 6) is 1.57. The third-order valence-electron chi connectivity index (χ3n) is 6.93. The van der Waals surface area contributed by atoms with Gasteiger partial charge >= 0.3 is 0 Å². The van der Waals surface area contributed by atoms with Crippen molar-refractivity contribution < 1.29 is 13.9 Å². The molecular weight excluding hydrogens is 433 g/mol. The summed E-state index contributed by atoms with van der Waals surface area (Å²) in [5.41, 5.74) is 4.74. The first-order valence-electron chi connectivity index (χ1n) is 11.7. The van der Waals surface area contributed by atoms with Crippen LogP contribution in [0, 0.1) is 5.82 Å². The molecule has 1 fully saturated rings. The summed E-state index contributed by atoms with van der Waals surface area (Å²) >= 11 is 0. The highest BCUT2D eigenvalue weighted by atomic mass is 19.1. The second-order valence-corrected chi connectivity index (χ2v) is 8.95. The van der Waals surface area contributed by atoms with Crippen molar-refractivity contribution in [2.24, 2.45) is 0 Å². The molecule has 1 unspecified atom stereocenters. The number of hydrogen-bond donors (Lipinski definition) is 1. The molecule has 4 heterocycles. The minimum atomic E-state index is -0.306. The molecule has 2 aromatic carbocycles. The molecule has 0 aliphatic carbocycles. The average molecular weight is 460 g/mol. The van der Waals surface area contributed by atoms with Gasteiger partial charge in [0.25, 0.3) is 5.91 Å². The van der Waals surface area contributed by atoms with Gasteiger partial charge in [-0.2, -0.15) is 5.10 Å². The van der Waals surface area contributed by atoms with Crippen LogP contribution in [0.1, 0.15) is 24.1 Å². The molecule has 0 radical (unpaired) electrons. The van der Waals surface area contributed by atoms with E-state index < -0.39 is 0 Å². The van der Waals surface area contributed by atoms with Crippen molar-refractivity contribution in [3.63, 3.8) is 0 Å². The van der Waals surface area contributed by atoms with Crippen LogP contribution in [0.5, 0.6) is 5.75 Å². The zero-order valence-electron chi connectivity index (χ0n) is 19.0. The predicted octanol–water partition coefficient (Wildman–Crippen LogP) is 3.59. The van der Waals surface area contributed by atoms with Crippen LogP contribution < -0.4 is 15.0 Å². The Hall–Kier alpha value is -3.81. The summed E-state index contributed by atoms with van der Waals surface area (Å²) in [6, 6.07) is 14.3. The van der Waals surface area contributed by atoms with Gasteiger partial charge in [-0.15, -0.1) is 0 Å². The molecule has 174 valence electrons. The number of anilines is 2. The molecule has 3 aliphatic rings. The molecule has 3 aliphatic heterocycles. The van der Waals surface area contributed by atoms with E-state index in [1.54, 1.807) is 18.3 Å². The number of carbonyl (C=O) groups excluding carboxylic acids is 1. The van der Waals surface area contributed by atoms with E-state index in [1.165, 1.54) is 17.7 Å². The number of aromatic nitrogens is 2. The lowest BCUT2D eigenvalue weighted by Gasteiger charge is -2.38. The molecule has 0 bridgehead atoms. The lowest BCUT2D eigenvalue weighted by molar-refractivity contribution is -0.128. The Balaban J connectivity index is 1.28. The van der Waals surface area contributed by atoms with Gasteiger partial charge in [0.15, 0.2) is 0 Å². The van der Waals surface area contributed by atoms with Gasteiger partial charge < -0.3 is 19.9 Å². The number of hydrogen-bond acceptors (Lipinski definition) is 5. The molecule has 34 heavy (non-hydrogen) atoms. The Morgan fingerprint density at radius 1 is 1.09 bits per heavy atom. The zero-order chi connectivity index (χ0) is 23.2. The van der Waals surface area contributed by atoms with Crippen LogP contribution in [0.3, 0.4) is 0 Å². The summed E-state index contributed by atoms with van der Waals surface area (Å²) in [7, 11) is 0. The second-order valence-electron chi connectivity index (χ2n) is 8.95.